The van der Waals surface area contributed by atoms with Crippen molar-refractivity contribution in [3.05, 3.63) is 0 Å². The Balaban J connectivity index is 1.55. The van der Waals surface area contributed by atoms with Gasteiger partial charge in [-0.2, -0.15) is 0 Å². The molecule has 21 heavy (non-hydrogen) atoms. The Labute approximate surface area is 129 Å². The van der Waals surface area contributed by atoms with Gasteiger partial charge in [0, 0.05) is 58.8 Å². The van der Waals surface area contributed by atoms with Crippen LogP contribution < -0.4 is 5.32 Å². The van der Waals surface area contributed by atoms with Crippen LogP contribution in [0.5, 0.6) is 0 Å². The number of carbonyl (C=O) groups is 1. The summed E-state index contributed by atoms with van der Waals surface area (Å²) < 4.78 is 5.11. The first-order chi connectivity index (χ1) is 10.3. The van der Waals surface area contributed by atoms with Crippen molar-refractivity contribution in [3.8, 4) is 0 Å². The molecule has 1 aliphatic heterocycles. The first-order valence-corrected chi connectivity index (χ1v) is 8.51. The van der Waals surface area contributed by atoms with Crippen molar-refractivity contribution < 1.29 is 9.53 Å². The fourth-order valence-corrected chi connectivity index (χ4v) is 3.26. The van der Waals surface area contributed by atoms with Crippen LogP contribution in [0.2, 0.25) is 0 Å². The van der Waals surface area contributed by atoms with E-state index in [4.69, 9.17) is 4.74 Å². The maximum Gasteiger partial charge on any atom is 0.221 e. The lowest BCUT2D eigenvalue weighted by Crippen LogP contribution is -2.48. The highest BCUT2D eigenvalue weighted by Gasteiger charge is 2.19. The average Bonchev–Trinajstić information content (AvgIpc) is 2.53. The second-order valence-electron chi connectivity index (χ2n) is 6.33. The molecule has 2 rings (SSSR count). The summed E-state index contributed by atoms with van der Waals surface area (Å²) in [6.45, 7) is 7.05. The summed E-state index contributed by atoms with van der Waals surface area (Å²) in [5.41, 5.74) is 0. The molecule has 2 fully saturated rings. The molecule has 1 heterocycles. The SMILES string of the molecule is COCCN1CCN(CCC(=O)NC2CCCCC2)CC1. The molecule has 0 aromatic heterocycles. The van der Waals surface area contributed by atoms with Crippen molar-refractivity contribution in [3.63, 3.8) is 0 Å². The number of carbonyl (C=O) groups excluding carboxylic acids is 1. The Morgan fingerprint density at radius 2 is 1.67 bits per heavy atom. The fraction of sp³-hybridized carbons (Fsp3) is 0.938. The second-order valence-corrected chi connectivity index (χ2v) is 6.33. The molecule has 5 nitrogen and oxygen atoms in total. The van der Waals surface area contributed by atoms with E-state index in [9.17, 15) is 4.79 Å². The molecule has 0 atom stereocenters. The predicted molar refractivity (Wildman–Crippen MR) is 84.4 cm³/mol. The van der Waals surface area contributed by atoms with Crippen molar-refractivity contribution in [1.82, 2.24) is 15.1 Å². The summed E-state index contributed by atoms with van der Waals surface area (Å²) in [4.78, 5) is 16.8. The standard InChI is InChI=1S/C16H31N3O2/c1-21-14-13-19-11-9-18(10-12-19)8-7-16(20)17-15-5-3-2-4-6-15/h15H,2-14H2,1H3,(H,17,20). The van der Waals surface area contributed by atoms with Crippen LogP contribution in [-0.2, 0) is 9.53 Å². The lowest BCUT2D eigenvalue weighted by atomic mass is 9.95. The van der Waals surface area contributed by atoms with Gasteiger partial charge in [-0.3, -0.25) is 9.69 Å². The zero-order valence-electron chi connectivity index (χ0n) is 13.5. The van der Waals surface area contributed by atoms with Crippen molar-refractivity contribution in [1.29, 1.82) is 0 Å². The van der Waals surface area contributed by atoms with E-state index in [0.717, 1.165) is 45.9 Å². The molecule has 1 amide bonds. The third-order valence-electron chi connectivity index (χ3n) is 4.70. The van der Waals surface area contributed by atoms with Crippen molar-refractivity contribution in [2.24, 2.45) is 0 Å². The van der Waals surface area contributed by atoms with Crippen molar-refractivity contribution in [2.75, 3.05) is 53.0 Å². The van der Waals surface area contributed by atoms with Gasteiger partial charge >= 0.3 is 0 Å². The van der Waals surface area contributed by atoms with Crippen LogP contribution >= 0.6 is 0 Å². The van der Waals surface area contributed by atoms with Gasteiger partial charge in [-0.05, 0) is 12.8 Å². The number of methoxy groups -OCH3 is 1. The molecule has 0 spiro atoms. The van der Waals surface area contributed by atoms with Gasteiger partial charge < -0.3 is 15.0 Å². The molecule has 1 saturated carbocycles. The molecular formula is C16H31N3O2. The van der Waals surface area contributed by atoms with Gasteiger partial charge in [-0.25, -0.2) is 0 Å². The molecule has 2 aliphatic rings. The molecular weight excluding hydrogens is 266 g/mol. The van der Waals surface area contributed by atoms with E-state index in [2.05, 4.69) is 15.1 Å². The second kappa shape index (κ2) is 9.38. The van der Waals surface area contributed by atoms with Crippen molar-refractivity contribution in [2.45, 2.75) is 44.6 Å². The Morgan fingerprint density at radius 3 is 2.29 bits per heavy atom. The number of amides is 1. The first-order valence-electron chi connectivity index (χ1n) is 8.51. The number of ether oxygens (including phenoxy) is 1. The Bertz CT molecular complexity index is 298. The predicted octanol–water partition coefficient (Wildman–Crippen LogP) is 1.09. The monoisotopic (exact) mass is 297 g/mol. The highest BCUT2D eigenvalue weighted by molar-refractivity contribution is 5.76. The van der Waals surface area contributed by atoms with Gasteiger partial charge in [0.05, 0.1) is 6.61 Å². The van der Waals surface area contributed by atoms with E-state index in [1.807, 2.05) is 0 Å². The zero-order chi connectivity index (χ0) is 14.9. The zero-order valence-corrected chi connectivity index (χ0v) is 13.5. The Hall–Kier alpha value is -0.650. The van der Waals surface area contributed by atoms with E-state index in [0.29, 0.717) is 12.5 Å². The van der Waals surface area contributed by atoms with Gasteiger partial charge in [0.25, 0.3) is 0 Å². The van der Waals surface area contributed by atoms with Crippen LogP contribution in [0.1, 0.15) is 38.5 Å². The molecule has 1 saturated heterocycles. The minimum absolute atomic E-state index is 0.240. The molecule has 0 bridgehead atoms. The molecule has 1 N–H and O–H groups in total. The number of hydrogen-bond acceptors (Lipinski definition) is 4. The van der Waals surface area contributed by atoms with Crippen LogP contribution in [0.4, 0.5) is 0 Å². The summed E-state index contributed by atoms with van der Waals surface area (Å²) in [6, 6.07) is 0.442. The summed E-state index contributed by atoms with van der Waals surface area (Å²) >= 11 is 0. The van der Waals surface area contributed by atoms with E-state index in [1.165, 1.54) is 32.1 Å². The van der Waals surface area contributed by atoms with Gasteiger partial charge in [-0.1, -0.05) is 19.3 Å². The van der Waals surface area contributed by atoms with Gasteiger partial charge in [0.2, 0.25) is 5.91 Å². The lowest BCUT2D eigenvalue weighted by molar-refractivity contribution is -0.122. The fourth-order valence-electron chi connectivity index (χ4n) is 3.26. The molecule has 0 unspecified atom stereocenters. The van der Waals surface area contributed by atoms with E-state index in [1.54, 1.807) is 7.11 Å². The summed E-state index contributed by atoms with van der Waals surface area (Å²) in [6.07, 6.45) is 6.87. The number of nitrogens with one attached hydrogen (secondary N) is 1. The Morgan fingerprint density at radius 1 is 1.05 bits per heavy atom. The first kappa shape index (κ1) is 16.7. The van der Waals surface area contributed by atoms with E-state index < -0.39 is 0 Å². The number of rotatable bonds is 7. The van der Waals surface area contributed by atoms with Crippen LogP contribution in [0, 0.1) is 0 Å². The molecule has 122 valence electrons. The number of nitrogens with zero attached hydrogens (tertiary/aromatic N) is 2. The van der Waals surface area contributed by atoms with Gasteiger partial charge in [0.15, 0.2) is 0 Å². The Kier molecular flexibility index (Phi) is 7.47. The van der Waals surface area contributed by atoms with Crippen LogP contribution in [-0.4, -0.2) is 74.7 Å². The number of hydrogen-bond donors (Lipinski definition) is 1. The molecule has 0 radical (unpaired) electrons. The average molecular weight is 297 g/mol. The lowest BCUT2D eigenvalue weighted by Gasteiger charge is -2.34. The van der Waals surface area contributed by atoms with Crippen LogP contribution in [0.25, 0.3) is 0 Å². The van der Waals surface area contributed by atoms with E-state index >= 15 is 0 Å². The topological polar surface area (TPSA) is 44.8 Å². The maximum absolute atomic E-state index is 12.0. The third-order valence-corrected chi connectivity index (χ3v) is 4.70. The molecule has 1 aliphatic carbocycles. The molecule has 5 heteroatoms. The minimum atomic E-state index is 0.240. The summed E-state index contributed by atoms with van der Waals surface area (Å²) in [5, 5.41) is 3.20. The van der Waals surface area contributed by atoms with Crippen molar-refractivity contribution >= 4 is 5.91 Å². The highest BCUT2D eigenvalue weighted by Crippen LogP contribution is 2.17. The maximum atomic E-state index is 12.0. The quantitative estimate of drug-likeness (QED) is 0.764. The largest absolute Gasteiger partial charge is 0.383 e. The normalized spacial score (nSPS) is 22.3. The smallest absolute Gasteiger partial charge is 0.221 e. The van der Waals surface area contributed by atoms with Gasteiger partial charge in [0.1, 0.15) is 0 Å². The molecule has 0 aromatic rings. The van der Waals surface area contributed by atoms with E-state index in [-0.39, 0.29) is 5.91 Å². The van der Waals surface area contributed by atoms with Crippen LogP contribution in [0.15, 0.2) is 0 Å². The highest BCUT2D eigenvalue weighted by atomic mass is 16.5. The third kappa shape index (κ3) is 6.32. The van der Waals surface area contributed by atoms with Gasteiger partial charge in [-0.15, -0.1) is 0 Å². The molecule has 0 aromatic carbocycles. The summed E-state index contributed by atoms with van der Waals surface area (Å²) in [5.74, 6) is 0.240. The number of piperazine rings is 1. The summed E-state index contributed by atoms with van der Waals surface area (Å²) in [7, 11) is 1.75. The van der Waals surface area contributed by atoms with Crippen LogP contribution in [0.3, 0.4) is 0 Å². The minimum Gasteiger partial charge on any atom is -0.383 e.